The van der Waals surface area contributed by atoms with Gasteiger partial charge in [0.15, 0.2) is 0 Å². The van der Waals surface area contributed by atoms with E-state index in [1.54, 1.807) is 0 Å². The fourth-order valence-corrected chi connectivity index (χ4v) is 1.83. The molecule has 0 atom stereocenters. The van der Waals surface area contributed by atoms with E-state index < -0.39 is 17.3 Å². The molecular formula is C13H19F3N2O. The van der Waals surface area contributed by atoms with Crippen LogP contribution in [0.2, 0.25) is 0 Å². The molecule has 0 heterocycles. The van der Waals surface area contributed by atoms with Crippen LogP contribution in [0.25, 0.3) is 0 Å². The SMILES string of the molecule is CCC(CC)(CO)Nc1ccc(C(F)(F)F)cc1N. The molecule has 4 N–H and O–H groups in total. The van der Waals surface area contributed by atoms with E-state index in [1.807, 2.05) is 13.8 Å². The third kappa shape index (κ3) is 3.53. The van der Waals surface area contributed by atoms with Crippen LogP contribution in [0.5, 0.6) is 0 Å². The number of aliphatic hydroxyl groups excluding tert-OH is 1. The summed E-state index contributed by atoms with van der Waals surface area (Å²) < 4.78 is 37.6. The van der Waals surface area contributed by atoms with Gasteiger partial charge in [-0.1, -0.05) is 13.8 Å². The van der Waals surface area contributed by atoms with E-state index in [0.29, 0.717) is 18.5 Å². The number of anilines is 2. The fourth-order valence-electron chi connectivity index (χ4n) is 1.83. The molecule has 3 nitrogen and oxygen atoms in total. The van der Waals surface area contributed by atoms with Crippen molar-refractivity contribution in [3.63, 3.8) is 0 Å². The first kappa shape index (κ1) is 15.6. The summed E-state index contributed by atoms with van der Waals surface area (Å²) in [7, 11) is 0. The first-order valence-electron chi connectivity index (χ1n) is 6.13. The van der Waals surface area contributed by atoms with Crippen molar-refractivity contribution >= 4 is 11.4 Å². The molecular weight excluding hydrogens is 257 g/mol. The molecule has 6 heteroatoms. The monoisotopic (exact) mass is 276 g/mol. The number of rotatable bonds is 5. The molecule has 1 aromatic rings. The predicted molar refractivity (Wildman–Crippen MR) is 69.9 cm³/mol. The molecule has 0 aromatic heterocycles. The number of nitrogen functional groups attached to an aromatic ring is 1. The minimum Gasteiger partial charge on any atom is -0.397 e. The minimum atomic E-state index is -4.41. The largest absolute Gasteiger partial charge is 0.416 e. The smallest absolute Gasteiger partial charge is 0.397 e. The molecule has 0 amide bonds. The average Bonchev–Trinajstić information content (AvgIpc) is 2.37. The van der Waals surface area contributed by atoms with Gasteiger partial charge >= 0.3 is 6.18 Å². The van der Waals surface area contributed by atoms with Crippen LogP contribution in [0.15, 0.2) is 18.2 Å². The molecule has 0 spiro atoms. The van der Waals surface area contributed by atoms with Gasteiger partial charge in [0.2, 0.25) is 0 Å². The zero-order valence-corrected chi connectivity index (χ0v) is 11.0. The van der Waals surface area contributed by atoms with Gasteiger partial charge < -0.3 is 16.2 Å². The molecule has 0 radical (unpaired) electrons. The molecule has 1 rings (SSSR count). The Morgan fingerprint density at radius 1 is 1.21 bits per heavy atom. The zero-order valence-electron chi connectivity index (χ0n) is 11.0. The molecule has 19 heavy (non-hydrogen) atoms. The number of alkyl halides is 3. The number of hydrogen-bond acceptors (Lipinski definition) is 3. The molecule has 0 bridgehead atoms. The predicted octanol–water partition coefficient (Wildman–Crippen LogP) is 3.25. The van der Waals surface area contributed by atoms with Gasteiger partial charge in [0.25, 0.3) is 0 Å². The van der Waals surface area contributed by atoms with Gasteiger partial charge in [-0.25, -0.2) is 0 Å². The van der Waals surface area contributed by atoms with Gasteiger partial charge in [-0.2, -0.15) is 13.2 Å². The van der Waals surface area contributed by atoms with Crippen LogP contribution < -0.4 is 11.1 Å². The normalized spacial score (nSPS) is 12.5. The lowest BCUT2D eigenvalue weighted by Gasteiger charge is -2.32. The number of halogens is 3. The van der Waals surface area contributed by atoms with Gasteiger partial charge in [-0.15, -0.1) is 0 Å². The van der Waals surface area contributed by atoms with Crippen molar-refractivity contribution < 1.29 is 18.3 Å². The van der Waals surface area contributed by atoms with Crippen molar-refractivity contribution in [2.45, 2.75) is 38.4 Å². The molecule has 0 aliphatic carbocycles. The Morgan fingerprint density at radius 3 is 2.16 bits per heavy atom. The number of nitrogens with two attached hydrogens (primary N) is 1. The number of nitrogens with one attached hydrogen (secondary N) is 1. The Balaban J connectivity index is 3.04. The van der Waals surface area contributed by atoms with Crippen molar-refractivity contribution in [2.75, 3.05) is 17.7 Å². The Morgan fingerprint density at radius 2 is 1.79 bits per heavy atom. The van der Waals surface area contributed by atoms with E-state index >= 15 is 0 Å². The van der Waals surface area contributed by atoms with Crippen LogP contribution in [-0.4, -0.2) is 17.3 Å². The first-order chi connectivity index (χ1) is 8.78. The summed E-state index contributed by atoms with van der Waals surface area (Å²) in [6.45, 7) is 3.68. The topological polar surface area (TPSA) is 58.3 Å². The summed E-state index contributed by atoms with van der Waals surface area (Å²) in [6, 6.07) is 3.18. The van der Waals surface area contributed by atoms with E-state index in [1.165, 1.54) is 6.07 Å². The maximum Gasteiger partial charge on any atom is 0.416 e. The minimum absolute atomic E-state index is 0.0227. The summed E-state index contributed by atoms with van der Waals surface area (Å²) in [5.41, 5.74) is 4.73. The van der Waals surface area contributed by atoms with E-state index in [2.05, 4.69) is 5.32 Å². The van der Waals surface area contributed by atoms with Gasteiger partial charge in [0, 0.05) is 0 Å². The Labute approximate surface area is 110 Å². The van der Waals surface area contributed by atoms with E-state index in [-0.39, 0.29) is 12.3 Å². The lowest BCUT2D eigenvalue weighted by Crippen LogP contribution is -2.41. The maximum absolute atomic E-state index is 12.5. The molecule has 0 saturated carbocycles. The summed E-state index contributed by atoms with van der Waals surface area (Å²) in [5, 5.41) is 12.5. The molecule has 0 aliphatic rings. The highest BCUT2D eigenvalue weighted by Crippen LogP contribution is 2.34. The number of benzene rings is 1. The molecule has 1 aromatic carbocycles. The molecule has 0 unspecified atom stereocenters. The highest BCUT2D eigenvalue weighted by molar-refractivity contribution is 5.68. The average molecular weight is 276 g/mol. The second kappa shape index (κ2) is 5.69. The van der Waals surface area contributed by atoms with Crippen LogP contribution >= 0.6 is 0 Å². The van der Waals surface area contributed by atoms with Crippen LogP contribution in [0, 0.1) is 0 Å². The van der Waals surface area contributed by atoms with E-state index in [9.17, 15) is 18.3 Å². The van der Waals surface area contributed by atoms with Crippen LogP contribution in [0.1, 0.15) is 32.3 Å². The lowest BCUT2D eigenvalue weighted by molar-refractivity contribution is -0.137. The zero-order chi connectivity index (χ0) is 14.7. The quantitative estimate of drug-likeness (QED) is 0.723. The molecule has 0 fully saturated rings. The van der Waals surface area contributed by atoms with Crippen molar-refractivity contribution in [1.82, 2.24) is 0 Å². The number of hydrogen-bond donors (Lipinski definition) is 3. The van der Waals surface area contributed by atoms with Crippen LogP contribution in [0.3, 0.4) is 0 Å². The summed E-state index contributed by atoms with van der Waals surface area (Å²) in [4.78, 5) is 0. The van der Waals surface area contributed by atoms with E-state index in [4.69, 9.17) is 5.73 Å². The lowest BCUT2D eigenvalue weighted by atomic mass is 9.93. The van der Waals surface area contributed by atoms with Crippen LogP contribution in [0.4, 0.5) is 24.5 Å². The standard InChI is InChI=1S/C13H19F3N2O/c1-3-12(4-2,8-19)18-11-6-5-9(7-10(11)17)13(14,15)16/h5-7,18-19H,3-4,8,17H2,1-2H3. The van der Waals surface area contributed by atoms with Gasteiger partial charge in [0.05, 0.1) is 29.1 Å². The maximum atomic E-state index is 12.5. The number of aliphatic hydroxyl groups is 1. The molecule has 108 valence electrons. The van der Waals surface area contributed by atoms with E-state index in [0.717, 1.165) is 12.1 Å². The molecule has 0 saturated heterocycles. The Kier molecular flexibility index (Phi) is 4.68. The highest BCUT2D eigenvalue weighted by Gasteiger charge is 2.31. The Bertz CT molecular complexity index is 420. The fraction of sp³-hybridized carbons (Fsp3) is 0.538. The summed E-state index contributed by atoms with van der Waals surface area (Å²) >= 11 is 0. The highest BCUT2D eigenvalue weighted by atomic mass is 19.4. The summed E-state index contributed by atoms with van der Waals surface area (Å²) in [5.74, 6) is 0. The first-order valence-corrected chi connectivity index (χ1v) is 6.13. The van der Waals surface area contributed by atoms with Crippen molar-refractivity contribution in [3.8, 4) is 0 Å². The third-order valence-electron chi connectivity index (χ3n) is 3.43. The van der Waals surface area contributed by atoms with Crippen molar-refractivity contribution in [3.05, 3.63) is 23.8 Å². The second-order valence-electron chi connectivity index (χ2n) is 4.57. The second-order valence-corrected chi connectivity index (χ2v) is 4.57. The Hall–Kier alpha value is -1.43. The van der Waals surface area contributed by atoms with Crippen LogP contribution in [-0.2, 0) is 6.18 Å². The summed E-state index contributed by atoms with van der Waals surface area (Å²) in [6.07, 6.45) is -3.13. The van der Waals surface area contributed by atoms with Crippen molar-refractivity contribution in [1.29, 1.82) is 0 Å². The van der Waals surface area contributed by atoms with Gasteiger partial charge in [0.1, 0.15) is 0 Å². The molecule has 0 aliphatic heterocycles. The van der Waals surface area contributed by atoms with Gasteiger partial charge in [-0.05, 0) is 31.0 Å². The van der Waals surface area contributed by atoms with Crippen molar-refractivity contribution in [2.24, 2.45) is 0 Å². The third-order valence-corrected chi connectivity index (χ3v) is 3.43. The van der Waals surface area contributed by atoms with Gasteiger partial charge in [-0.3, -0.25) is 0 Å².